The van der Waals surface area contributed by atoms with Crippen LogP contribution < -0.4 is 4.74 Å². The lowest BCUT2D eigenvalue weighted by Gasteiger charge is -2.13. The lowest BCUT2D eigenvalue weighted by Crippen LogP contribution is -2.18. The van der Waals surface area contributed by atoms with Gasteiger partial charge in [0.1, 0.15) is 12.4 Å². The zero-order chi connectivity index (χ0) is 22.6. The second-order valence-electron chi connectivity index (χ2n) is 8.10. The third-order valence-electron chi connectivity index (χ3n) is 5.12. The smallest absolute Gasteiger partial charge is 0.338 e. The van der Waals surface area contributed by atoms with E-state index in [0.29, 0.717) is 17.7 Å². The number of hydrogen-bond donors (Lipinski definition) is 0. The minimum Gasteiger partial charge on any atom is -0.461 e. The molecule has 0 fully saturated rings. The van der Waals surface area contributed by atoms with Crippen LogP contribution in [0, 0.1) is 5.92 Å². The SMILES string of the molecule is CCCCCCCC(=O)Oc1ccc(-c2ccc(C(=O)OCC(Cl)C(C)C)cc2)cc1. The van der Waals surface area contributed by atoms with Crippen LogP contribution in [0.4, 0.5) is 0 Å². The lowest BCUT2D eigenvalue weighted by molar-refractivity contribution is -0.134. The third-order valence-corrected chi connectivity index (χ3v) is 5.75. The summed E-state index contributed by atoms with van der Waals surface area (Å²) in [7, 11) is 0. The van der Waals surface area contributed by atoms with E-state index in [0.717, 1.165) is 24.0 Å². The highest BCUT2D eigenvalue weighted by Gasteiger charge is 2.14. The van der Waals surface area contributed by atoms with Crippen LogP contribution in [0.25, 0.3) is 11.1 Å². The molecule has 1 atom stereocenters. The molecule has 168 valence electrons. The van der Waals surface area contributed by atoms with E-state index in [9.17, 15) is 9.59 Å². The molecule has 0 radical (unpaired) electrons. The molecule has 0 aliphatic rings. The van der Waals surface area contributed by atoms with Gasteiger partial charge in [-0.2, -0.15) is 0 Å². The second kappa shape index (κ2) is 13.2. The van der Waals surface area contributed by atoms with Crippen LogP contribution in [0.1, 0.15) is 69.7 Å². The van der Waals surface area contributed by atoms with Crippen molar-refractivity contribution in [2.24, 2.45) is 5.92 Å². The van der Waals surface area contributed by atoms with E-state index in [1.807, 2.05) is 38.1 Å². The Bertz CT molecular complexity index is 812. The normalized spacial score (nSPS) is 11.9. The fourth-order valence-corrected chi connectivity index (χ4v) is 3.06. The second-order valence-corrected chi connectivity index (χ2v) is 8.66. The van der Waals surface area contributed by atoms with Crippen LogP contribution in [0.2, 0.25) is 0 Å². The maximum absolute atomic E-state index is 12.2. The number of benzene rings is 2. The standard InChI is InChI=1S/C26H33ClO4/c1-4-5-6-7-8-9-25(28)31-23-16-14-21(15-17-23)20-10-12-22(13-11-20)26(29)30-18-24(27)19(2)3/h10-17,19,24H,4-9,18H2,1-3H3. The first kappa shape index (κ1) is 24.9. The Hall–Kier alpha value is -2.33. The molecule has 0 aliphatic heterocycles. The summed E-state index contributed by atoms with van der Waals surface area (Å²) in [4.78, 5) is 24.1. The van der Waals surface area contributed by atoms with Crippen molar-refractivity contribution >= 4 is 23.5 Å². The number of rotatable bonds is 12. The molecular weight excluding hydrogens is 412 g/mol. The van der Waals surface area contributed by atoms with Crippen LogP contribution in [-0.2, 0) is 9.53 Å². The van der Waals surface area contributed by atoms with Crippen LogP contribution in [0.15, 0.2) is 48.5 Å². The summed E-state index contributed by atoms with van der Waals surface area (Å²) in [5, 5.41) is -0.197. The van der Waals surface area contributed by atoms with Gasteiger partial charge in [0, 0.05) is 6.42 Å². The van der Waals surface area contributed by atoms with Crippen molar-refractivity contribution in [2.45, 2.75) is 64.7 Å². The summed E-state index contributed by atoms with van der Waals surface area (Å²) in [6.45, 7) is 6.34. The largest absolute Gasteiger partial charge is 0.461 e. The number of esters is 2. The molecule has 2 aromatic rings. The maximum Gasteiger partial charge on any atom is 0.338 e. The Morgan fingerprint density at radius 2 is 1.45 bits per heavy atom. The fourth-order valence-electron chi connectivity index (χ4n) is 3.00. The maximum atomic E-state index is 12.2. The molecule has 0 saturated carbocycles. The third kappa shape index (κ3) is 8.74. The fraction of sp³-hybridized carbons (Fsp3) is 0.462. The van der Waals surface area contributed by atoms with E-state index in [1.54, 1.807) is 24.3 Å². The average molecular weight is 445 g/mol. The molecule has 0 aliphatic carbocycles. The quantitative estimate of drug-likeness (QED) is 0.152. The molecule has 0 aromatic heterocycles. The Balaban J connectivity index is 1.85. The number of unbranched alkanes of at least 4 members (excludes halogenated alkanes) is 4. The molecule has 31 heavy (non-hydrogen) atoms. The molecule has 0 heterocycles. The first-order valence-corrected chi connectivity index (χ1v) is 11.6. The van der Waals surface area contributed by atoms with Crippen molar-refractivity contribution in [2.75, 3.05) is 6.61 Å². The number of alkyl halides is 1. The Labute approximate surface area is 190 Å². The van der Waals surface area contributed by atoms with E-state index < -0.39 is 0 Å². The number of halogens is 1. The molecule has 2 aromatic carbocycles. The highest BCUT2D eigenvalue weighted by molar-refractivity contribution is 6.21. The highest BCUT2D eigenvalue weighted by Crippen LogP contribution is 2.23. The molecule has 2 rings (SSSR count). The predicted octanol–water partition coefficient (Wildman–Crippen LogP) is 7.04. The van der Waals surface area contributed by atoms with Gasteiger partial charge in [0.05, 0.1) is 10.9 Å². The summed E-state index contributed by atoms with van der Waals surface area (Å²) in [6.07, 6.45) is 5.95. The summed E-state index contributed by atoms with van der Waals surface area (Å²) >= 11 is 6.13. The summed E-state index contributed by atoms with van der Waals surface area (Å²) in [6, 6.07) is 14.6. The van der Waals surface area contributed by atoms with Crippen LogP contribution in [0.3, 0.4) is 0 Å². The van der Waals surface area contributed by atoms with Crippen LogP contribution >= 0.6 is 11.6 Å². The monoisotopic (exact) mass is 444 g/mol. The molecule has 0 spiro atoms. The number of carbonyl (C=O) groups excluding carboxylic acids is 2. The van der Waals surface area contributed by atoms with Crippen molar-refractivity contribution < 1.29 is 19.1 Å². The molecule has 4 nitrogen and oxygen atoms in total. The summed E-state index contributed by atoms with van der Waals surface area (Å²) in [5.74, 6) is 0.215. The van der Waals surface area contributed by atoms with E-state index in [-0.39, 0.29) is 29.8 Å². The lowest BCUT2D eigenvalue weighted by atomic mass is 10.0. The van der Waals surface area contributed by atoms with Gasteiger partial charge in [0.2, 0.25) is 0 Å². The van der Waals surface area contributed by atoms with Gasteiger partial charge in [-0.15, -0.1) is 11.6 Å². The van der Waals surface area contributed by atoms with Crippen molar-refractivity contribution in [3.63, 3.8) is 0 Å². The summed E-state index contributed by atoms with van der Waals surface area (Å²) < 4.78 is 10.7. The molecule has 0 N–H and O–H groups in total. The van der Waals surface area contributed by atoms with E-state index in [4.69, 9.17) is 21.1 Å². The molecule has 1 unspecified atom stereocenters. The highest BCUT2D eigenvalue weighted by atomic mass is 35.5. The van der Waals surface area contributed by atoms with Crippen molar-refractivity contribution in [3.05, 3.63) is 54.1 Å². The van der Waals surface area contributed by atoms with Gasteiger partial charge in [-0.25, -0.2) is 4.79 Å². The van der Waals surface area contributed by atoms with Crippen LogP contribution in [-0.4, -0.2) is 23.9 Å². The number of hydrogen-bond acceptors (Lipinski definition) is 4. The van der Waals surface area contributed by atoms with E-state index in [2.05, 4.69) is 6.92 Å². The Kier molecular flexibility index (Phi) is 10.6. The minimum atomic E-state index is -0.380. The Morgan fingerprint density at radius 3 is 2.03 bits per heavy atom. The van der Waals surface area contributed by atoms with Crippen LogP contribution in [0.5, 0.6) is 5.75 Å². The van der Waals surface area contributed by atoms with Gasteiger partial charge in [0.15, 0.2) is 0 Å². The summed E-state index contributed by atoms with van der Waals surface area (Å²) in [5.41, 5.74) is 2.42. The first-order chi connectivity index (χ1) is 14.9. The topological polar surface area (TPSA) is 52.6 Å². The van der Waals surface area contributed by atoms with Crippen molar-refractivity contribution in [1.82, 2.24) is 0 Å². The Morgan fingerprint density at radius 1 is 0.871 bits per heavy atom. The van der Waals surface area contributed by atoms with E-state index in [1.165, 1.54) is 19.3 Å². The zero-order valence-corrected chi connectivity index (χ0v) is 19.5. The number of carbonyl (C=O) groups is 2. The molecule has 0 saturated heterocycles. The van der Waals surface area contributed by atoms with Gasteiger partial charge >= 0.3 is 11.9 Å². The number of ether oxygens (including phenoxy) is 2. The minimum absolute atomic E-state index is 0.191. The van der Waals surface area contributed by atoms with E-state index >= 15 is 0 Å². The molecule has 0 amide bonds. The van der Waals surface area contributed by atoms with Crippen molar-refractivity contribution in [1.29, 1.82) is 0 Å². The molecule has 5 heteroatoms. The molecular formula is C26H33ClO4. The van der Waals surface area contributed by atoms with Gasteiger partial charge in [-0.05, 0) is 47.7 Å². The molecule has 0 bridgehead atoms. The average Bonchev–Trinajstić information content (AvgIpc) is 2.77. The van der Waals surface area contributed by atoms with Gasteiger partial charge in [-0.3, -0.25) is 4.79 Å². The van der Waals surface area contributed by atoms with Gasteiger partial charge < -0.3 is 9.47 Å². The first-order valence-electron chi connectivity index (χ1n) is 11.1. The van der Waals surface area contributed by atoms with Gasteiger partial charge in [0.25, 0.3) is 0 Å². The zero-order valence-electron chi connectivity index (χ0n) is 18.7. The predicted molar refractivity (Wildman–Crippen MR) is 126 cm³/mol. The van der Waals surface area contributed by atoms with Crippen molar-refractivity contribution in [3.8, 4) is 16.9 Å². The van der Waals surface area contributed by atoms with Gasteiger partial charge in [-0.1, -0.05) is 70.7 Å².